The van der Waals surface area contributed by atoms with Gasteiger partial charge in [0.1, 0.15) is 5.82 Å². The second-order valence-electron chi connectivity index (χ2n) is 5.85. The van der Waals surface area contributed by atoms with Gasteiger partial charge in [-0.3, -0.25) is 9.89 Å². The van der Waals surface area contributed by atoms with Gasteiger partial charge >= 0.3 is 0 Å². The van der Waals surface area contributed by atoms with Crippen molar-refractivity contribution in [3.63, 3.8) is 0 Å². The van der Waals surface area contributed by atoms with Crippen molar-refractivity contribution in [1.82, 2.24) is 15.2 Å². The molecule has 1 heterocycles. The summed E-state index contributed by atoms with van der Waals surface area (Å²) in [5.74, 6) is 1.05. The van der Waals surface area contributed by atoms with Gasteiger partial charge in [0.2, 0.25) is 11.1 Å². The summed E-state index contributed by atoms with van der Waals surface area (Å²) in [5.41, 5.74) is 1.87. The van der Waals surface area contributed by atoms with Crippen molar-refractivity contribution in [3.8, 4) is 0 Å². The van der Waals surface area contributed by atoms with Gasteiger partial charge in [0, 0.05) is 31.4 Å². The fraction of sp³-hybridized carbons (Fsp3) is 0.438. The maximum Gasteiger partial charge on any atom is 0.237 e. The van der Waals surface area contributed by atoms with E-state index in [0.29, 0.717) is 5.16 Å². The number of anilines is 2. The van der Waals surface area contributed by atoms with Gasteiger partial charge in [0.15, 0.2) is 0 Å². The number of nitrogens with one attached hydrogen (secondary N) is 2. The van der Waals surface area contributed by atoms with Crippen LogP contribution in [-0.2, 0) is 4.79 Å². The molecule has 2 rings (SSSR count). The number of rotatable bonds is 6. The fourth-order valence-electron chi connectivity index (χ4n) is 1.87. The van der Waals surface area contributed by atoms with Crippen molar-refractivity contribution >= 4 is 29.0 Å². The summed E-state index contributed by atoms with van der Waals surface area (Å²) >= 11 is 1.34. The van der Waals surface area contributed by atoms with E-state index in [1.165, 1.54) is 11.8 Å². The fourth-order valence-corrected chi connectivity index (χ4v) is 2.60. The van der Waals surface area contributed by atoms with Gasteiger partial charge in [0.25, 0.3) is 0 Å². The van der Waals surface area contributed by atoms with E-state index in [1.807, 2.05) is 64.0 Å². The Bertz CT molecular complexity index is 651. The number of carbonyl (C=O) groups is 1. The first kappa shape index (κ1) is 17.3. The molecule has 7 heteroatoms. The highest BCUT2D eigenvalue weighted by atomic mass is 32.2. The zero-order valence-electron chi connectivity index (χ0n) is 14.1. The second kappa shape index (κ2) is 7.50. The lowest BCUT2D eigenvalue weighted by Gasteiger charge is -2.14. The summed E-state index contributed by atoms with van der Waals surface area (Å²) in [6.07, 6.45) is 0. The average Bonchev–Trinajstić information content (AvgIpc) is 2.96. The third-order valence-electron chi connectivity index (χ3n) is 3.33. The minimum absolute atomic E-state index is 0.0662. The number of carbonyl (C=O) groups excluding carboxylic acids is 1. The molecular formula is C16H23N5OS. The van der Waals surface area contributed by atoms with Gasteiger partial charge in [-0.1, -0.05) is 25.6 Å². The SMILES string of the molecule is CC(C)c1nc(S[C@@H](C)C(=O)Nc2ccc(N(C)C)cc2)n[nH]1. The molecular weight excluding hydrogens is 310 g/mol. The molecule has 0 unspecified atom stereocenters. The summed E-state index contributed by atoms with van der Waals surface area (Å²) < 4.78 is 0. The summed E-state index contributed by atoms with van der Waals surface area (Å²) in [7, 11) is 3.96. The van der Waals surface area contributed by atoms with Gasteiger partial charge in [-0.25, -0.2) is 4.98 Å². The van der Waals surface area contributed by atoms with Crippen LogP contribution in [0.1, 0.15) is 32.5 Å². The molecule has 124 valence electrons. The Balaban J connectivity index is 1.93. The standard InChI is InChI=1S/C16H23N5OS/c1-10(2)14-18-16(20-19-14)23-11(3)15(22)17-12-6-8-13(9-7-12)21(4)5/h6-11H,1-5H3,(H,17,22)(H,18,19,20)/t11-/m0/s1. The number of nitrogens with zero attached hydrogens (tertiary/aromatic N) is 3. The van der Waals surface area contributed by atoms with Gasteiger partial charge in [-0.05, 0) is 31.2 Å². The van der Waals surface area contributed by atoms with Crippen LogP contribution in [0.2, 0.25) is 0 Å². The predicted molar refractivity (Wildman–Crippen MR) is 95.2 cm³/mol. The number of aromatic nitrogens is 3. The molecule has 0 aliphatic heterocycles. The number of amides is 1. The molecule has 6 nitrogen and oxygen atoms in total. The van der Waals surface area contributed by atoms with Gasteiger partial charge in [-0.15, -0.1) is 5.10 Å². The Morgan fingerprint density at radius 1 is 1.22 bits per heavy atom. The van der Waals surface area contributed by atoms with E-state index in [2.05, 4.69) is 20.5 Å². The Labute approximate surface area is 141 Å². The molecule has 0 spiro atoms. The predicted octanol–water partition coefficient (Wildman–Crippen LogP) is 3.11. The number of hydrogen-bond donors (Lipinski definition) is 2. The normalized spacial score (nSPS) is 12.3. The molecule has 23 heavy (non-hydrogen) atoms. The Hall–Kier alpha value is -2.02. The average molecular weight is 333 g/mol. The molecule has 1 atom stereocenters. The highest BCUT2D eigenvalue weighted by Gasteiger charge is 2.18. The minimum atomic E-state index is -0.278. The summed E-state index contributed by atoms with van der Waals surface area (Å²) in [4.78, 5) is 18.7. The van der Waals surface area contributed by atoms with Crippen molar-refractivity contribution in [2.75, 3.05) is 24.3 Å². The topological polar surface area (TPSA) is 73.9 Å². The zero-order chi connectivity index (χ0) is 17.0. The van der Waals surface area contributed by atoms with Crippen molar-refractivity contribution in [3.05, 3.63) is 30.1 Å². The summed E-state index contributed by atoms with van der Waals surface area (Å²) in [6, 6.07) is 7.73. The van der Waals surface area contributed by atoms with Crippen LogP contribution in [0.25, 0.3) is 0 Å². The molecule has 0 saturated carbocycles. The molecule has 0 radical (unpaired) electrons. The van der Waals surface area contributed by atoms with Crippen molar-refractivity contribution in [2.45, 2.75) is 37.1 Å². The lowest BCUT2D eigenvalue weighted by molar-refractivity contribution is -0.115. The molecule has 1 amide bonds. The second-order valence-corrected chi connectivity index (χ2v) is 7.16. The third kappa shape index (κ3) is 4.72. The van der Waals surface area contributed by atoms with E-state index in [0.717, 1.165) is 17.2 Å². The number of benzene rings is 1. The summed E-state index contributed by atoms with van der Waals surface area (Å²) in [6.45, 7) is 5.94. The van der Waals surface area contributed by atoms with Crippen LogP contribution in [0.5, 0.6) is 0 Å². The monoisotopic (exact) mass is 333 g/mol. The molecule has 0 fully saturated rings. The maximum atomic E-state index is 12.3. The first-order valence-corrected chi connectivity index (χ1v) is 8.42. The van der Waals surface area contributed by atoms with Crippen molar-refractivity contribution in [1.29, 1.82) is 0 Å². The van der Waals surface area contributed by atoms with E-state index in [4.69, 9.17) is 0 Å². The number of hydrogen-bond acceptors (Lipinski definition) is 5. The molecule has 2 aromatic rings. The first-order valence-electron chi connectivity index (χ1n) is 7.54. The van der Waals surface area contributed by atoms with Crippen LogP contribution in [0.3, 0.4) is 0 Å². The van der Waals surface area contributed by atoms with Crippen LogP contribution in [-0.4, -0.2) is 40.4 Å². The third-order valence-corrected chi connectivity index (χ3v) is 4.29. The molecule has 1 aromatic heterocycles. The molecule has 0 bridgehead atoms. The molecule has 0 saturated heterocycles. The van der Waals surface area contributed by atoms with E-state index in [-0.39, 0.29) is 17.1 Å². The quantitative estimate of drug-likeness (QED) is 0.795. The number of H-pyrrole nitrogens is 1. The highest BCUT2D eigenvalue weighted by molar-refractivity contribution is 8.00. The van der Waals surface area contributed by atoms with Crippen LogP contribution in [0, 0.1) is 0 Å². The van der Waals surface area contributed by atoms with Crippen LogP contribution >= 0.6 is 11.8 Å². The lowest BCUT2D eigenvalue weighted by Crippen LogP contribution is -2.22. The van der Waals surface area contributed by atoms with Crippen LogP contribution in [0.15, 0.2) is 29.4 Å². The van der Waals surface area contributed by atoms with E-state index in [1.54, 1.807) is 0 Å². The number of aromatic amines is 1. The molecule has 0 aliphatic carbocycles. The largest absolute Gasteiger partial charge is 0.378 e. The smallest absolute Gasteiger partial charge is 0.237 e. The molecule has 1 aromatic carbocycles. The molecule has 0 aliphatic rings. The Morgan fingerprint density at radius 3 is 2.39 bits per heavy atom. The van der Waals surface area contributed by atoms with Gasteiger partial charge in [-0.2, -0.15) is 0 Å². The lowest BCUT2D eigenvalue weighted by atomic mass is 10.2. The van der Waals surface area contributed by atoms with Crippen LogP contribution in [0.4, 0.5) is 11.4 Å². The number of thioether (sulfide) groups is 1. The van der Waals surface area contributed by atoms with Crippen molar-refractivity contribution < 1.29 is 4.79 Å². The Kier molecular flexibility index (Phi) is 5.65. The first-order chi connectivity index (χ1) is 10.9. The van der Waals surface area contributed by atoms with Crippen molar-refractivity contribution in [2.24, 2.45) is 0 Å². The van der Waals surface area contributed by atoms with E-state index < -0.39 is 0 Å². The maximum absolute atomic E-state index is 12.3. The van der Waals surface area contributed by atoms with Gasteiger partial charge < -0.3 is 10.2 Å². The zero-order valence-corrected chi connectivity index (χ0v) is 14.9. The molecule has 2 N–H and O–H groups in total. The van der Waals surface area contributed by atoms with Crippen LogP contribution < -0.4 is 10.2 Å². The van der Waals surface area contributed by atoms with Gasteiger partial charge in [0.05, 0.1) is 5.25 Å². The van der Waals surface area contributed by atoms with E-state index in [9.17, 15) is 4.79 Å². The Morgan fingerprint density at radius 2 is 1.87 bits per heavy atom. The minimum Gasteiger partial charge on any atom is -0.378 e. The highest BCUT2D eigenvalue weighted by Crippen LogP contribution is 2.23. The van der Waals surface area contributed by atoms with E-state index >= 15 is 0 Å². The summed E-state index contributed by atoms with van der Waals surface area (Å²) in [5, 5.41) is 10.3.